The van der Waals surface area contributed by atoms with Gasteiger partial charge >= 0.3 is 0 Å². The molecule has 2 atom stereocenters. The summed E-state index contributed by atoms with van der Waals surface area (Å²) in [4.78, 5) is 0. The SMILES string of the molecule is C1CCC2(OCCO2)C(C2CO2)C1. The van der Waals surface area contributed by atoms with Gasteiger partial charge in [-0.2, -0.15) is 0 Å². The lowest BCUT2D eigenvalue weighted by molar-refractivity contribution is -0.216. The average molecular weight is 184 g/mol. The molecule has 0 aromatic heterocycles. The van der Waals surface area contributed by atoms with Gasteiger partial charge in [-0.05, 0) is 12.8 Å². The van der Waals surface area contributed by atoms with Gasteiger partial charge in [0.15, 0.2) is 5.79 Å². The summed E-state index contributed by atoms with van der Waals surface area (Å²) in [6.07, 6.45) is 5.25. The van der Waals surface area contributed by atoms with Crippen LogP contribution in [-0.4, -0.2) is 31.7 Å². The minimum Gasteiger partial charge on any atom is -0.373 e. The van der Waals surface area contributed by atoms with Crippen molar-refractivity contribution >= 4 is 0 Å². The van der Waals surface area contributed by atoms with Crippen molar-refractivity contribution in [3.63, 3.8) is 0 Å². The molecule has 0 aromatic rings. The van der Waals surface area contributed by atoms with Crippen LogP contribution in [0.5, 0.6) is 0 Å². The van der Waals surface area contributed by atoms with Gasteiger partial charge in [-0.25, -0.2) is 0 Å². The van der Waals surface area contributed by atoms with E-state index in [0.717, 1.165) is 26.2 Å². The summed E-state index contributed by atoms with van der Waals surface area (Å²) in [6.45, 7) is 2.45. The molecule has 0 bridgehead atoms. The normalized spacial score (nSPS) is 42.5. The van der Waals surface area contributed by atoms with Crippen LogP contribution >= 0.6 is 0 Å². The minimum atomic E-state index is -0.251. The molecule has 2 saturated heterocycles. The molecule has 3 rings (SSSR count). The van der Waals surface area contributed by atoms with Crippen molar-refractivity contribution in [1.82, 2.24) is 0 Å². The summed E-state index contributed by atoms with van der Waals surface area (Å²) < 4.78 is 17.0. The fraction of sp³-hybridized carbons (Fsp3) is 1.00. The molecule has 0 N–H and O–H groups in total. The van der Waals surface area contributed by atoms with E-state index in [1.54, 1.807) is 0 Å². The fourth-order valence-corrected chi connectivity index (χ4v) is 2.73. The van der Waals surface area contributed by atoms with Crippen molar-refractivity contribution in [2.24, 2.45) is 5.92 Å². The predicted molar refractivity (Wildman–Crippen MR) is 46.3 cm³/mol. The summed E-state index contributed by atoms with van der Waals surface area (Å²) >= 11 is 0. The summed E-state index contributed by atoms with van der Waals surface area (Å²) in [7, 11) is 0. The Hall–Kier alpha value is -0.120. The van der Waals surface area contributed by atoms with Crippen LogP contribution in [0, 0.1) is 5.92 Å². The molecule has 3 nitrogen and oxygen atoms in total. The van der Waals surface area contributed by atoms with Gasteiger partial charge in [-0.1, -0.05) is 6.42 Å². The van der Waals surface area contributed by atoms with Gasteiger partial charge in [-0.15, -0.1) is 0 Å². The lowest BCUT2D eigenvalue weighted by atomic mass is 9.81. The summed E-state index contributed by atoms with van der Waals surface area (Å²) in [5, 5.41) is 0. The topological polar surface area (TPSA) is 31.0 Å². The molecule has 1 saturated carbocycles. The Balaban J connectivity index is 1.79. The zero-order valence-electron chi connectivity index (χ0n) is 7.83. The Kier molecular flexibility index (Phi) is 1.86. The lowest BCUT2D eigenvalue weighted by Gasteiger charge is -2.38. The monoisotopic (exact) mass is 184 g/mol. The van der Waals surface area contributed by atoms with Crippen molar-refractivity contribution in [2.45, 2.75) is 37.6 Å². The van der Waals surface area contributed by atoms with Crippen LogP contribution in [0.3, 0.4) is 0 Å². The first-order chi connectivity index (χ1) is 6.41. The van der Waals surface area contributed by atoms with Crippen molar-refractivity contribution in [3.05, 3.63) is 0 Å². The Morgan fingerprint density at radius 1 is 1.08 bits per heavy atom. The zero-order chi connectivity index (χ0) is 8.73. The third-order valence-corrected chi connectivity index (χ3v) is 3.44. The van der Waals surface area contributed by atoms with E-state index in [1.807, 2.05) is 0 Å². The maximum atomic E-state index is 5.79. The number of ether oxygens (including phenoxy) is 3. The molecule has 1 aliphatic carbocycles. The van der Waals surface area contributed by atoms with Gasteiger partial charge in [0, 0.05) is 12.3 Å². The number of hydrogen-bond donors (Lipinski definition) is 0. The smallest absolute Gasteiger partial charge is 0.173 e. The van der Waals surface area contributed by atoms with Crippen LogP contribution in [0.2, 0.25) is 0 Å². The van der Waals surface area contributed by atoms with E-state index >= 15 is 0 Å². The summed E-state index contributed by atoms with van der Waals surface area (Å²) in [6, 6.07) is 0. The van der Waals surface area contributed by atoms with Gasteiger partial charge in [0.25, 0.3) is 0 Å². The highest BCUT2D eigenvalue weighted by atomic mass is 16.7. The lowest BCUT2D eigenvalue weighted by Crippen LogP contribution is -2.44. The van der Waals surface area contributed by atoms with Gasteiger partial charge < -0.3 is 14.2 Å². The van der Waals surface area contributed by atoms with E-state index in [-0.39, 0.29) is 5.79 Å². The van der Waals surface area contributed by atoms with Gasteiger partial charge in [0.05, 0.1) is 25.9 Å². The number of hydrogen-bond acceptors (Lipinski definition) is 3. The first-order valence-electron chi connectivity index (χ1n) is 5.30. The molecule has 2 aliphatic heterocycles. The first kappa shape index (κ1) is 8.21. The highest BCUT2D eigenvalue weighted by Gasteiger charge is 2.52. The number of rotatable bonds is 1. The minimum absolute atomic E-state index is 0.251. The quantitative estimate of drug-likeness (QED) is 0.576. The Morgan fingerprint density at radius 2 is 1.85 bits per heavy atom. The van der Waals surface area contributed by atoms with E-state index < -0.39 is 0 Å². The second-order valence-electron chi connectivity index (χ2n) is 4.23. The maximum absolute atomic E-state index is 5.79. The van der Waals surface area contributed by atoms with Crippen molar-refractivity contribution in [1.29, 1.82) is 0 Å². The van der Waals surface area contributed by atoms with Crippen LogP contribution in [0.25, 0.3) is 0 Å². The third-order valence-electron chi connectivity index (χ3n) is 3.44. The molecule has 2 unspecified atom stereocenters. The van der Waals surface area contributed by atoms with Crippen LogP contribution < -0.4 is 0 Å². The van der Waals surface area contributed by atoms with Gasteiger partial charge in [0.1, 0.15) is 0 Å². The van der Waals surface area contributed by atoms with Crippen LogP contribution in [0.4, 0.5) is 0 Å². The van der Waals surface area contributed by atoms with Crippen LogP contribution in [-0.2, 0) is 14.2 Å². The molecule has 1 spiro atoms. The molecule has 0 radical (unpaired) electrons. The summed E-state index contributed by atoms with van der Waals surface area (Å²) in [5.41, 5.74) is 0. The standard InChI is InChI=1S/C10H16O3/c1-2-4-10(12-5-6-13-10)8(3-1)9-7-11-9/h8-9H,1-7H2. The molecule has 0 aromatic carbocycles. The zero-order valence-corrected chi connectivity index (χ0v) is 7.83. The van der Waals surface area contributed by atoms with E-state index in [0.29, 0.717) is 12.0 Å². The Morgan fingerprint density at radius 3 is 2.54 bits per heavy atom. The first-order valence-corrected chi connectivity index (χ1v) is 5.30. The second-order valence-corrected chi connectivity index (χ2v) is 4.23. The predicted octanol–water partition coefficient (Wildman–Crippen LogP) is 1.32. The Labute approximate surface area is 78.3 Å². The Bertz CT molecular complexity index is 194. The van der Waals surface area contributed by atoms with Crippen molar-refractivity contribution in [3.8, 4) is 0 Å². The van der Waals surface area contributed by atoms with Crippen molar-refractivity contribution < 1.29 is 14.2 Å². The van der Waals surface area contributed by atoms with Crippen LogP contribution in [0.1, 0.15) is 25.7 Å². The largest absolute Gasteiger partial charge is 0.373 e. The highest BCUT2D eigenvalue weighted by Crippen LogP contribution is 2.45. The van der Waals surface area contributed by atoms with E-state index in [2.05, 4.69) is 0 Å². The molecule has 13 heavy (non-hydrogen) atoms. The molecule has 3 heteroatoms. The molecule has 3 fully saturated rings. The summed E-state index contributed by atoms with van der Waals surface area (Å²) in [5.74, 6) is 0.253. The number of epoxide rings is 1. The van der Waals surface area contributed by atoms with Crippen LogP contribution in [0.15, 0.2) is 0 Å². The molecule has 74 valence electrons. The molecule has 2 heterocycles. The second kappa shape index (κ2) is 2.94. The maximum Gasteiger partial charge on any atom is 0.173 e. The van der Waals surface area contributed by atoms with Gasteiger partial charge in [0.2, 0.25) is 0 Å². The molecular weight excluding hydrogens is 168 g/mol. The molecule has 0 amide bonds. The molecule has 3 aliphatic rings. The van der Waals surface area contributed by atoms with Crippen molar-refractivity contribution in [2.75, 3.05) is 19.8 Å². The van der Waals surface area contributed by atoms with E-state index in [9.17, 15) is 0 Å². The van der Waals surface area contributed by atoms with Gasteiger partial charge in [-0.3, -0.25) is 0 Å². The van der Waals surface area contributed by atoms with E-state index in [4.69, 9.17) is 14.2 Å². The highest BCUT2D eigenvalue weighted by molar-refractivity contribution is 4.94. The van der Waals surface area contributed by atoms with E-state index in [1.165, 1.54) is 19.3 Å². The fourth-order valence-electron chi connectivity index (χ4n) is 2.73. The third kappa shape index (κ3) is 1.30. The molecular formula is C10H16O3. The average Bonchev–Trinajstić information content (AvgIpc) is 2.89.